The van der Waals surface area contributed by atoms with Crippen LogP contribution in [0.25, 0.3) is 11.0 Å². The van der Waals surface area contributed by atoms with Crippen molar-refractivity contribution < 1.29 is 9.59 Å². The average Bonchev–Trinajstić information content (AvgIpc) is 2.93. The minimum Gasteiger partial charge on any atom is -0.349 e. The van der Waals surface area contributed by atoms with Crippen LogP contribution in [-0.2, 0) is 9.59 Å². The van der Waals surface area contributed by atoms with Crippen molar-refractivity contribution in [3.63, 3.8) is 0 Å². The van der Waals surface area contributed by atoms with Gasteiger partial charge in [0.15, 0.2) is 0 Å². The molecule has 0 fully saturated rings. The minimum absolute atomic E-state index is 0.102. The quantitative estimate of drug-likeness (QED) is 0.566. The predicted octanol–water partition coefficient (Wildman–Crippen LogP) is 2.37. The van der Waals surface area contributed by atoms with Crippen LogP contribution >= 0.6 is 0 Å². The lowest BCUT2D eigenvalue weighted by Gasteiger charge is -2.18. The second-order valence-electron chi connectivity index (χ2n) is 6.26. The van der Waals surface area contributed by atoms with E-state index < -0.39 is 6.04 Å². The van der Waals surface area contributed by atoms with Gasteiger partial charge in [-0.2, -0.15) is 0 Å². The smallest absolute Gasteiger partial charge is 0.323 e. The Bertz CT molecular complexity index is 1000. The summed E-state index contributed by atoms with van der Waals surface area (Å²) < 4.78 is 0. The van der Waals surface area contributed by atoms with Gasteiger partial charge in [0.25, 0.3) is 0 Å². The van der Waals surface area contributed by atoms with Crippen molar-refractivity contribution in [3.05, 3.63) is 64.1 Å². The maximum absolute atomic E-state index is 12.4. The van der Waals surface area contributed by atoms with E-state index in [0.29, 0.717) is 16.7 Å². The Balaban J connectivity index is 1.74. The van der Waals surface area contributed by atoms with Gasteiger partial charge in [0.05, 0.1) is 23.5 Å². The van der Waals surface area contributed by atoms with Crippen molar-refractivity contribution in [2.75, 3.05) is 5.32 Å². The molecule has 0 radical (unpaired) electrons. The molecule has 4 N–H and O–H groups in total. The van der Waals surface area contributed by atoms with E-state index in [4.69, 9.17) is 0 Å². The van der Waals surface area contributed by atoms with E-state index in [1.807, 2.05) is 31.2 Å². The summed E-state index contributed by atoms with van der Waals surface area (Å²) in [6.07, 6.45) is 0.102. The number of aromatic nitrogens is 2. The highest BCUT2D eigenvalue weighted by atomic mass is 16.2. The Labute approximate surface area is 149 Å². The Morgan fingerprint density at radius 2 is 1.73 bits per heavy atom. The third-order valence-electron chi connectivity index (χ3n) is 4.05. The maximum atomic E-state index is 12.4. The number of carbonyl (C=O) groups excluding carboxylic acids is 2. The number of hydrogen-bond donors (Lipinski definition) is 4. The molecule has 3 rings (SSSR count). The van der Waals surface area contributed by atoms with Gasteiger partial charge in [-0.25, -0.2) is 4.79 Å². The van der Waals surface area contributed by atoms with Crippen LogP contribution in [0.15, 0.2) is 47.3 Å². The first-order valence-corrected chi connectivity index (χ1v) is 8.26. The molecule has 0 aliphatic carbocycles. The van der Waals surface area contributed by atoms with Crippen molar-refractivity contribution in [2.45, 2.75) is 26.3 Å². The topological polar surface area (TPSA) is 107 Å². The molecular formula is C19H20N4O3. The number of aryl methyl sites for hydroxylation is 1. The van der Waals surface area contributed by atoms with Crippen molar-refractivity contribution in [3.8, 4) is 0 Å². The lowest BCUT2D eigenvalue weighted by molar-refractivity contribution is -0.120. The van der Waals surface area contributed by atoms with Crippen molar-refractivity contribution in [1.82, 2.24) is 15.3 Å². The Hall–Kier alpha value is -3.35. The van der Waals surface area contributed by atoms with Crippen LogP contribution in [0.1, 0.15) is 30.5 Å². The van der Waals surface area contributed by atoms with E-state index in [2.05, 4.69) is 20.6 Å². The summed E-state index contributed by atoms with van der Waals surface area (Å²) in [6, 6.07) is 12.4. The first-order chi connectivity index (χ1) is 12.4. The number of H-pyrrole nitrogens is 2. The van der Waals surface area contributed by atoms with Crippen molar-refractivity contribution >= 4 is 28.5 Å². The summed E-state index contributed by atoms with van der Waals surface area (Å²) in [5.41, 5.74) is 3.53. The highest BCUT2D eigenvalue weighted by Gasteiger charge is 2.17. The molecule has 0 spiro atoms. The number of rotatable bonds is 5. The van der Waals surface area contributed by atoms with Crippen LogP contribution in [0.4, 0.5) is 5.69 Å². The molecule has 0 saturated heterocycles. The molecule has 0 aliphatic rings. The number of hydrogen-bond acceptors (Lipinski definition) is 3. The SMILES string of the molecule is CC(=O)NC(CC(=O)Nc1ccc2[nH]c(=O)[nH]c2c1)c1ccc(C)cc1. The van der Waals surface area contributed by atoms with Gasteiger partial charge in [-0.05, 0) is 30.7 Å². The van der Waals surface area contributed by atoms with E-state index in [1.54, 1.807) is 18.2 Å². The van der Waals surface area contributed by atoms with Gasteiger partial charge in [0.1, 0.15) is 0 Å². The Morgan fingerprint density at radius 3 is 2.42 bits per heavy atom. The molecule has 1 atom stereocenters. The maximum Gasteiger partial charge on any atom is 0.323 e. The third kappa shape index (κ3) is 4.18. The van der Waals surface area contributed by atoms with E-state index in [1.165, 1.54) is 6.92 Å². The predicted molar refractivity (Wildman–Crippen MR) is 99.9 cm³/mol. The fourth-order valence-electron chi connectivity index (χ4n) is 2.80. The van der Waals surface area contributed by atoms with Gasteiger partial charge in [0, 0.05) is 12.6 Å². The third-order valence-corrected chi connectivity index (χ3v) is 4.05. The summed E-state index contributed by atoms with van der Waals surface area (Å²) in [6.45, 7) is 3.40. The van der Waals surface area contributed by atoms with Gasteiger partial charge in [0.2, 0.25) is 11.8 Å². The molecule has 1 aromatic heterocycles. The van der Waals surface area contributed by atoms with Crippen LogP contribution in [-0.4, -0.2) is 21.8 Å². The number of imidazole rings is 1. The second-order valence-corrected chi connectivity index (χ2v) is 6.26. The van der Waals surface area contributed by atoms with E-state index >= 15 is 0 Å². The first kappa shape index (κ1) is 17.5. The number of fused-ring (bicyclic) bond motifs is 1. The molecule has 2 aromatic carbocycles. The van der Waals surface area contributed by atoms with Crippen LogP contribution in [0, 0.1) is 6.92 Å². The summed E-state index contributed by atoms with van der Waals surface area (Å²) in [5, 5.41) is 5.62. The largest absolute Gasteiger partial charge is 0.349 e. The highest BCUT2D eigenvalue weighted by molar-refractivity contribution is 5.93. The molecular weight excluding hydrogens is 332 g/mol. The number of aromatic amines is 2. The highest BCUT2D eigenvalue weighted by Crippen LogP contribution is 2.20. The lowest BCUT2D eigenvalue weighted by atomic mass is 10.0. The minimum atomic E-state index is -0.413. The Morgan fingerprint density at radius 1 is 1.04 bits per heavy atom. The first-order valence-electron chi connectivity index (χ1n) is 8.26. The lowest BCUT2D eigenvalue weighted by Crippen LogP contribution is -2.29. The number of nitrogens with one attached hydrogen (secondary N) is 4. The summed E-state index contributed by atoms with van der Waals surface area (Å²) in [5.74, 6) is -0.434. The summed E-state index contributed by atoms with van der Waals surface area (Å²) in [4.78, 5) is 40.6. The van der Waals surface area contributed by atoms with Gasteiger partial charge in [-0.1, -0.05) is 29.8 Å². The molecule has 2 amide bonds. The van der Waals surface area contributed by atoms with E-state index in [9.17, 15) is 14.4 Å². The Kier molecular flexibility index (Phi) is 4.88. The van der Waals surface area contributed by atoms with Crippen LogP contribution in [0.2, 0.25) is 0 Å². The molecule has 134 valence electrons. The number of anilines is 1. The van der Waals surface area contributed by atoms with E-state index in [-0.39, 0.29) is 23.9 Å². The van der Waals surface area contributed by atoms with Crippen LogP contribution < -0.4 is 16.3 Å². The summed E-state index contributed by atoms with van der Waals surface area (Å²) >= 11 is 0. The molecule has 26 heavy (non-hydrogen) atoms. The van der Waals surface area contributed by atoms with Crippen molar-refractivity contribution in [1.29, 1.82) is 0 Å². The fraction of sp³-hybridized carbons (Fsp3) is 0.211. The van der Waals surface area contributed by atoms with Crippen LogP contribution in [0.5, 0.6) is 0 Å². The number of carbonyl (C=O) groups is 2. The average molecular weight is 352 g/mol. The molecule has 1 unspecified atom stereocenters. The molecule has 7 nitrogen and oxygen atoms in total. The van der Waals surface area contributed by atoms with Gasteiger partial charge >= 0.3 is 5.69 Å². The molecule has 7 heteroatoms. The molecule has 0 saturated carbocycles. The summed E-state index contributed by atoms with van der Waals surface area (Å²) in [7, 11) is 0. The fourth-order valence-corrected chi connectivity index (χ4v) is 2.80. The number of amides is 2. The zero-order valence-electron chi connectivity index (χ0n) is 14.6. The number of benzene rings is 2. The zero-order chi connectivity index (χ0) is 18.7. The molecule has 1 heterocycles. The molecule has 0 aliphatic heterocycles. The van der Waals surface area contributed by atoms with Gasteiger partial charge < -0.3 is 20.6 Å². The second kappa shape index (κ2) is 7.26. The molecule has 3 aromatic rings. The monoisotopic (exact) mass is 352 g/mol. The van der Waals surface area contributed by atoms with Gasteiger partial charge in [-0.15, -0.1) is 0 Å². The zero-order valence-corrected chi connectivity index (χ0v) is 14.6. The standard InChI is InChI=1S/C19H20N4O3/c1-11-3-5-13(6-4-11)16(20-12(2)24)10-18(25)21-14-7-8-15-17(9-14)23-19(26)22-15/h3-9,16H,10H2,1-2H3,(H,20,24)(H,21,25)(H2,22,23,26). The van der Waals surface area contributed by atoms with Gasteiger partial charge in [-0.3, -0.25) is 9.59 Å². The van der Waals surface area contributed by atoms with Crippen LogP contribution in [0.3, 0.4) is 0 Å². The van der Waals surface area contributed by atoms with E-state index in [0.717, 1.165) is 11.1 Å². The normalized spacial score (nSPS) is 11.9. The molecule has 0 bridgehead atoms. The van der Waals surface area contributed by atoms with Crippen molar-refractivity contribution in [2.24, 2.45) is 0 Å².